The van der Waals surface area contributed by atoms with Gasteiger partial charge in [0, 0.05) is 19.8 Å². The molecule has 2 aromatic rings. The van der Waals surface area contributed by atoms with E-state index in [0.717, 1.165) is 5.56 Å². The van der Waals surface area contributed by atoms with Gasteiger partial charge in [-0.05, 0) is 17.7 Å². The summed E-state index contributed by atoms with van der Waals surface area (Å²) in [5.41, 5.74) is 1.41. The Labute approximate surface area is 117 Å². The van der Waals surface area contributed by atoms with Crippen molar-refractivity contribution in [1.29, 1.82) is 0 Å². The van der Waals surface area contributed by atoms with E-state index in [1.165, 1.54) is 4.57 Å². The van der Waals surface area contributed by atoms with Crippen LogP contribution in [-0.4, -0.2) is 33.5 Å². The second-order valence-electron chi connectivity index (χ2n) is 4.56. The Kier molecular flexibility index (Phi) is 4.20. The van der Waals surface area contributed by atoms with Gasteiger partial charge in [-0.3, -0.25) is 9.59 Å². The van der Waals surface area contributed by atoms with Crippen molar-refractivity contribution < 1.29 is 14.7 Å². The highest BCUT2D eigenvalue weighted by molar-refractivity contribution is 5.93. The first-order valence-electron chi connectivity index (χ1n) is 6.24. The summed E-state index contributed by atoms with van der Waals surface area (Å²) >= 11 is 0. The molecular weight excluding hydrogens is 256 g/mol. The van der Waals surface area contributed by atoms with E-state index in [1.807, 2.05) is 30.3 Å². The Morgan fingerprint density at radius 1 is 1.15 bits per heavy atom. The lowest BCUT2D eigenvalue weighted by atomic mass is 10.2. The van der Waals surface area contributed by atoms with Gasteiger partial charge in [-0.1, -0.05) is 30.3 Å². The third kappa shape index (κ3) is 3.26. The molecule has 20 heavy (non-hydrogen) atoms. The highest BCUT2D eigenvalue weighted by Crippen LogP contribution is 2.09. The number of amides is 1. The summed E-state index contributed by atoms with van der Waals surface area (Å²) in [6, 6.07) is 12.9. The van der Waals surface area contributed by atoms with E-state index >= 15 is 0 Å². The molecule has 0 aliphatic rings. The fourth-order valence-electron chi connectivity index (χ4n) is 2.02. The van der Waals surface area contributed by atoms with Crippen molar-refractivity contribution in [2.45, 2.75) is 13.1 Å². The molecule has 0 saturated heterocycles. The molecule has 1 heterocycles. The smallest absolute Gasteiger partial charge is 0.323 e. The van der Waals surface area contributed by atoms with Crippen LogP contribution in [0.3, 0.4) is 0 Å². The number of hydrogen-bond donors (Lipinski definition) is 1. The van der Waals surface area contributed by atoms with Crippen molar-refractivity contribution in [3.05, 3.63) is 59.9 Å². The summed E-state index contributed by atoms with van der Waals surface area (Å²) in [5, 5.41) is 8.82. The average Bonchev–Trinajstić information content (AvgIpc) is 2.86. The second kappa shape index (κ2) is 6.06. The number of carbonyl (C=O) groups is 2. The highest BCUT2D eigenvalue weighted by atomic mass is 16.4. The van der Waals surface area contributed by atoms with Crippen LogP contribution < -0.4 is 0 Å². The summed E-state index contributed by atoms with van der Waals surface area (Å²) in [6.45, 7) is 0.269. The molecule has 5 heteroatoms. The lowest BCUT2D eigenvalue weighted by Crippen LogP contribution is -2.28. The molecule has 0 bridgehead atoms. The number of rotatable bonds is 5. The number of carbonyl (C=O) groups excluding carboxylic acids is 1. The first-order chi connectivity index (χ1) is 9.58. The van der Waals surface area contributed by atoms with Crippen LogP contribution in [0.1, 0.15) is 16.1 Å². The number of benzene rings is 1. The molecule has 104 valence electrons. The van der Waals surface area contributed by atoms with Gasteiger partial charge in [0.1, 0.15) is 12.2 Å². The molecular formula is C15H16N2O3. The molecule has 1 aromatic carbocycles. The molecule has 0 atom stereocenters. The maximum atomic E-state index is 12.3. The van der Waals surface area contributed by atoms with Crippen molar-refractivity contribution in [2.24, 2.45) is 0 Å². The molecule has 1 aromatic heterocycles. The molecule has 0 aliphatic carbocycles. The molecule has 2 rings (SSSR count). The number of aromatic nitrogens is 1. The Hall–Kier alpha value is -2.56. The van der Waals surface area contributed by atoms with Crippen LogP contribution in [0.2, 0.25) is 0 Å². The fraction of sp³-hybridized carbons (Fsp3) is 0.200. The minimum absolute atomic E-state index is 0.194. The Bertz CT molecular complexity index is 605. The van der Waals surface area contributed by atoms with Crippen LogP contribution in [0.4, 0.5) is 0 Å². The summed E-state index contributed by atoms with van der Waals surface area (Å²) in [7, 11) is 1.70. The van der Waals surface area contributed by atoms with Crippen LogP contribution >= 0.6 is 0 Å². The van der Waals surface area contributed by atoms with Gasteiger partial charge in [-0.15, -0.1) is 0 Å². The number of carboxylic acid groups (broad SMARTS) is 1. The van der Waals surface area contributed by atoms with E-state index < -0.39 is 5.97 Å². The van der Waals surface area contributed by atoms with Crippen LogP contribution in [0.25, 0.3) is 0 Å². The van der Waals surface area contributed by atoms with Crippen molar-refractivity contribution in [3.63, 3.8) is 0 Å². The predicted molar refractivity (Wildman–Crippen MR) is 74.3 cm³/mol. The van der Waals surface area contributed by atoms with Crippen molar-refractivity contribution in [3.8, 4) is 0 Å². The molecule has 0 radical (unpaired) electrons. The molecule has 5 nitrogen and oxygen atoms in total. The van der Waals surface area contributed by atoms with Gasteiger partial charge < -0.3 is 14.6 Å². The summed E-state index contributed by atoms with van der Waals surface area (Å²) in [4.78, 5) is 24.7. The van der Waals surface area contributed by atoms with Gasteiger partial charge in [0.2, 0.25) is 0 Å². The fourth-order valence-corrected chi connectivity index (χ4v) is 2.02. The van der Waals surface area contributed by atoms with Crippen LogP contribution in [0.15, 0.2) is 48.7 Å². The predicted octanol–water partition coefficient (Wildman–Crippen LogP) is 1.84. The van der Waals surface area contributed by atoms with Gasteiger partial charge >= 0.3 is 5.97 Å². The van der Waals surface area contributed by atoms with Gasteiger partial charge in [-0.2, -0.15) is 0 Å². The van der Waals surface area contributed by atoms with Gasteiger partial charge in [0.25, 0.3) is 5.91 Å². The number of carboxylic acids is 1. The quantitative estimate of drug-likeness (QED) is 0.903. The number of hydrogen-bond acceptors (Lipinski definition) is 2. The van der Waals surface area contributed by atoms with Crippen molar-refractivity contribution in [2.75, 3.05) is 7.05 Å². The zero-order valence-corrected chi connectivity index (χ0v) is 11.2. The summed E-state index contributed by atoms with van der Waals surface area (Å²) in [5.74, 6) is -1.17. The Balaban J connectivity index is 2.11. The van der Waals surface area contributed by atoms with Crippen LogP contribution in [-0.2, 0) is 17.9 Å². The van der Waals surface area contributed by atoms with E-state index in [1.54, 1.807) is 30.3 Å². The first-order valence-corrected chi connectivity index (χ1v) is 6.24. The largest absolute Gasteiger partial charge is 0.480 e. The zero-order valence-electron chi connectivity index (χ0n) is 11.2. The minimum atomic E-state index is -0.971. The first kappa shape index (κ1) is 13.9. The Morgan fingerprint density at radius 2 is 1.85 bits per heavy atom. The third-order valence-electron chi connectivity index (χ3n) is 2.96. The average molecular weight is 272 g/mol. The third-order valence-corrected chi connectivity index (χ3v) is 2.96. The zero-order chi connectivity index (χ0) is 14.5. The normalized spacial score (nSPS) is 10.2. The molecule has 0 aliphatic heterocycles. The summed E-state index contributed by atoms with van der Waals surface area (Å²) < 4.78 is 1.44. The monoisotopic (exact) mass is 272 g/mol. The van der Waals surface area contributed by atoms with Crippen LogP contribution in [0, 0.1) is 0 Å². The minimum Gasteiger partial charge on any atom is -0.480 e. The SMILES string of the molecule is CN(Cc1ccccc1)C(=O)c1cccn1CC(=O)O. The maximum absolute atomic E-state index is 12.3. The maximum Gasteiger partial charge on any atom is 0.323 e. The van der Waals surface area contributed by atoms with Crippen molar-refractivity contribution in [1.82, 2.24) is 9.47 Å². The standard InChI is InChI=1S/C15H16N2O3/c1-16(10-12-6-3-2-4-7-12)15(20)13-8-5-9-17(13)11-14(18)19/h2-9H,10-11H2,1H3,(H,18,19). The molecule has 0 saturated carbocycles. The molecule has 0 fully saturated rings. The topological polar surface area (TPSA) is 62.5 Å². The molecule has 0 spiro atoms. The molecule has 1 amide bonds. The number of nitrogens with zero attached hydrogens (tertiary/aromatic N) is 2. The highest BCUT2D eigenvalue weighted by Gasteiger charge is 2.16. The molecule has 0 unspecified atom stereocenters. The number of aliphatic carboxylic acids is 1. The van der Waals surface area contributed by atoms with E-state index in [2.05, 4.69) is 0 Å². The second-order valence-corrected chi connectivity index (χ2v) is 4.56. The Morgan fingerprint density at radius 3 is 2.50 bits per heavy atom. The lowest BCUT2D eigenvalue weighted by Gasteiger charge is -2.18. The van der Waals surface area contributed by atoms with E-state index in [4.69, 9.17) is 5.11 Å². The van der Waals surface area contributed by atoms with Gasteiger partial charge in [0.15, 0.2) is 0 Å². The van der Waals surface area contributed by atoms with Gasteiger partial charge in [-0.25, -0.2) is 0 Å². The summed E-state index contributed by atoms with van der Waals surface area (Å²) in [6.07, 6.45) is 1.59. The van der Waals surface area contributed by atoms with E-state index in [9.17, 15) is 9.59 Å². The van der Waals surface area contributed by atoms with Crippen molar-refractivity contribution >= 4 is 11.9 Å². The van der Waals surface area contributed by atoms with E-state index in [0.29, 0.717) is 12.2 Å². The van der Waals surface area contributed by atoms with Crippen LogP contribution in [0.5, 0.6) is 0 Å². The molecule has 1 N–H and O–H groups in total. The van der Waals surface area contributed by atoms with Gasteiger partial charge in [0.05, 0.1) is 0 Å². The van der Waals surface area contributed by atoms with E-state index in [-0.39, 0.29) is 12.5 Å². The lowest BCUT2D eigenvalue weighted by molar-refractivity contribution is -0.137.